The number of piperazine rings is 1. The molecule has 1 aliphatic heterocycles. The summed E-state index contributed by atoms with van der Waals surface area (Å²) in [6.07, 6.45) is 4.94. The van der Waals surface area contributed by atoms with Gasteiger partial charge in [0.1, 0.15) is 17.2 Å². The molecule has 8 nitrogen and oxygen atoms in total. The molecule has 0 spiro atoms. The number of pyridine rings is 1. The van der Waals surface area contributed by atoms with E-state index >= 15 is 4.39 Å². The molecular formula is C31H41FN8. The number of nitrogens with one attached hydrogen (secondary N) is 1. The van der Waals surface area contributed by atoms with E-state index in [0.717, 1.165) is 55.5 Å². The van der Waals surface area contributed by atoms with Crippen LogP contribution < -0.4 is 5.32 Å². The van der Waals surface area contributed by atoms with Crippen LogP contribution in [0.15, 0.2) is 36.7 Å². The van der Waals surface area contributed by atoms with Gasteiger partial charge in [0, 0.05) is 56.7 Å². The summed E-state index contributed by atoms with van der Waals surface area (Å²) in [5.41, 5.74) is 4.58. The lowest BCUT2D eigenvalue weighted by Crippen LogP contribution is -2.46. The molecule has 40 heavy (non-hydrogen) atoms. The zero-order valence-corrected chi connectivity index (χ0v) is 24.6. The van der Waals surface area contributed by atoms with Crippen LogP contribution >= 0.6 is 0 Å². The second kappa shape index (κ2) is 12.0. The molecule has 0 atom stereocenters. The van der Waals surface area contributed by atoms with Crippen LogP contribution in [0.5, 0.6) is 0 Å². The number of hydrogen-bond donors (Lipinski definition) is 1. The predicted molar refractivity (Wildman–Crippen MR) is 159 cm³/mol. The summed E-state index contributed by atoms with van der Waals surface area (Å²) in [6, 6.07) is 7.71. The van der Waals surface area contributed by atoms with Gasteiger partial charge in [-0.05, 0) is 75.9 Å². The monoisotopic (exact) mass is 544 g/mol. The van der Waals surface area contributed by atoms with Crippen LogP contribution in [-0.2, 0) is 6.54 Å². The van der Waals surface area contributed by atoms with Gasteiger partial charge in [-0.1, -0.05) is 19.9 Å². The lowest BCUT2D eigenvalue weighted by molar-refractivity contribution is 0.123. The van der Waals surface area contributed by atoms with Gasteiger partial charge in [0.25, 0.3) is 0 Å². The molecule has 9 heteroatoms. The lowest BCUT2D eigenvalue weighted by atomic mass is 10.1. The van der Waals surface area contributed by atoms with Crippen LogP contribution in [0.1, 0.15) is 57.1 Å². The van der Waals surface area contributed by atoms with Gasteiger partial charge in [-0.2, -0.15) is 0 Å². The number of benzene rings is 1. The maximum absolute atomic E-state index is 15.1. The van der Waals surface area contributed by atoms with Gasteiger partial charge >= 0.3 is 0 Å². The summed E-state index contributed by atoms with van der Waals surface area (Å²) in [5, 5.41) is 3.22. The molecule has 4 heterocycles. The third kappa shape index (κ3) is 6.31. The van der Waals surface area contributed by atoms with Crippen molar-refractivity contribution >= 4 is 22.8 Å². The van der Waals surface area contributed by atoms with Crippen molar-refractivity contribution in [2.75, 3.05) is 38.0 Å². The molecule has 1 saturated heterocycles. The number of aryl methyl sites for hydroxylation is 2. The van der Waals surface area contributed by atoms with Crippen LogP contribution in [0.3, 0.4) is 0 Å². The van der Waals surface area contributed by atoms with Gasteiger partial charge in [-0.25, -0.2) is 24.3 Å². The molecule has 1 fully saturated rings. The lowest BCUT2D eigenvalue weighted by Gasteiger charge is -2.35. The Labute approximate surface area is 236 Å². The molecule has 4 aromatic rings. The number of imidazole rings is 1. The van der Waals surface area contributed by atoms with E-state index in [0.29, 0.717) is 28.5 Å². The molecule has 1 N–H and O–H groups in total. The fourth-order valence-electron chi connectivity index (χ4n) is 5.43. The van der Waals surface area contributed by atoms with Crippen molar-refractivity contribution in [2.24, 2.45) is 5.92 Å². The number of hydrogen-bond acceptors (Lipinski definition) is 7. The number of fused-ring (bicyclic) bond motifs is 1. The highest BCUT2D eigenvalue weighted by atomic mass is 19.1. The minimum Gasteiger partial charge on any atom is -0.326 e. The van der Waals surface area contributed by atoms with E-state index in [-0.39, 0.29) is 11.9 Å². The van der Waals surface area contributed by atoms with Gasteiger partial charge in [-0.3, -0.25) is 4.90 Å². The highest BCUT2D eigenvalue weighted by Gasteiger charge is 2.19. The summed E-state index contributed by atoms with van der Waals surface area (Å²) < 4.78 is 17.2. The fourth-order valence-corrected chi connectivity index (χ4v) is 5.43. The Bertz CT molecular complexity index is 1450. The van der Waals surface area contributed by atoms with Gasteiger partial charge < -0.3 is 14.8 Å². The van der Waals surface area contributed by atoms with Crippen LogP contribution in [0.2, 0.25) is 0 Å². The third-order valence-electron chi connectivity index (χ3n) is 7.64. The van der Waals surface area contributed by atoms with E-state index in [1.165, 1.54) is 24.6 Å². The first-order chi connectivity index (χ1) is 19.2. The fraction of sp³-hybridized carbons (Fsp3) is 0.484. The molecule has 3 aromatic heterocycles. The Morgan fingerprint density at radius 1 is 0.925 bits per heavy atom. The van der Waals surface area contributed by atoms with Crippen LogP contribution in [0.25, 0.3) is 22.3 Å². The van der Waals surface area contributed by atoms with Crippen LogP contribution in [0.4, 0.5) is 16.2 Å². The average molecular weight is 545 g/mol. The molecule has 0 saturated carbocycles. The van der Waals surface area contributed by atoms with E-state index < -0.39 is 0 Å². The van der Waals surface area contributed by atoms with E-state index in [4.69, 9.17) is 4.98 Å². The minimum atomic E-state index is -0.350. The Morgan fingerprint density at radius 2 is 1.68 bits per heavy atom. The first kappa shape index (κ1) is 28.1. The standard InChI is InChI=1S/C31H41FN8/c1-20(2)9-10-38-11-13-39(14-12-38)19-24-7-8-28(33-18-24)36-31-34-17-22(5)29(37-31)25-15-26(32)30-27(16-25)40(21(3)4)23(6)35-30/h7-8,15-18,20-21H,9-14,19H2,1-6H3,(H,33,34,36,37). The number of aromatic nitrogens is 5. The number of anilines is 2. The first-order valence-electron chi connectivity index (χ1n) is 14.4. The number of rotatable bonds is 9. The molecule has 212 valence electrons. The molecular weight excluding hydrogens is 503 g/mol. The summed E-state index contributed by atoms with van der Waals surface area (Å²) in [4.78, 5) is 23.3. The third-order valence-corrected chi connectivity index (χ3v) is 7.64. The Hall–Kier alpha value is -3.43. The topological polar surface area (TPSA) is 75.0 Å². The smallest absolute Gasteiger partial charge is 0.228 e. The summed E-state index contributed by atoms with van der Waals surface area (Å²) in [5.74, 6) is 2.29. The summed E-state index contributed by atoms with van der Waals surface area (Å²) in [7, 11) is 0. The van der Waals surface area contributed by atoms with Crippen molar-refractivity contribution in [3.8, 4) is 11.3 Å². The zero-order chi connectivity index (χ0) is 28.4. The summed E-state index contributed by atoms with van der Waals surface area (Å²) >= 11 is 0. The maximum atomic E-state index is 15.1. The Morgan fingerprint density at radius 3 is 2.35 bits per heavy atom. The largest absolute Gasteiger partial charge is 0.326 e. The number of nitrogens with zero attached hydrogens (tertiary/aromatic N) is 7. The van der Waals surface area contributed by atoms with Crippen molar-refractivity contribution < 1.29 is 4.39 Å². The van der Waals surface area contributed by atoms with Crippen molar-refractivity contribution in [3.63, 3.8) is 0 Å². The first-order valence-corrected chi connectivity index (χ1v) is 14.4. The van der Waals surface area contributed by atoms with Crippen molar-refractivity contribution in [1.29, 1.82) is 0 Å². The van der Waals surface area contributed by atoms with Crippen molar-refractivity contribution in [3.05, 3.63) is 59.4 Å². The van der Waals surface area contributed by atoms with E-state index in [9.17, 15) is 0 Å². The molecule has 1 aromatic carbocycles. The van der Waals surface area contributed by atoms with Gasteiger partial charge in [0.2, 0.25) is 5.95 Å². The highest BCUT2D eigenvalue weighted by molar-refractivity contribution is 5.83. The van der Waals surface area contributed by atoms with Crippen molar-refractivity contribution in [1.82, 2.24) is 34.3 Å². The quantitative estimate of drug-likeness (QED) is 0.272. The molecule has 1 aliphatic rings. The molecule has 0 bridgehead atoms. The highest BCUT2D eigenvalue weighted by Crippen LogP contribution is 2.30. The van der Waals surface area contributed by atoms with E-state index in [1.54, 1.807) is 6.20 Å². The Balaban J connectivity index is 1.27. The van der Waals surface area contributed by atoms with E-state index in [1.807, 2.05) is 32.2 Å². The normalized spacial score (nSPS) is 15.0. The zero-order valence-electron chi connectivity index (χ0n) is 24.6. The Kier molecular flexibility index (Phi) is 8.42. The van der Waals surface area contributed by atoms with Gasteiger partial charge in [0.15, 0.2) is 5.82 Å². The van der Waals surface area contributed by atoms with Crippen LogP contribution in [0, 0.1) is 25.6 Å². The molecule has 5 rings (SSSR count). The second-order valence-corrected chi connectivity index (χ2v) is 11.7. The van der Waals surface area contributed by atoms with E-state index in [2.05, 4.69) is 68.4 Å². The molecule has 0 unspecified atom stereocenters. The van der Waals surface area contributed by atoms with Gasteiger partial charge in [0.05, 0.1) is 11.2 Å². The summed E-state index contributed by atoms with van der Waals surface area (Å²) in [6.45, 7) is 19.1. The SMILES string of the molecule is Cc1cnc(Nc2ccc(CN3CCN(CCC(C)C)CC3)cn2)nc1-c1cc(F)c2nc(C)n(C(C)C)c2c1. The average Bonchev–Trinajstić information content (AvgIpc) is 3.27. The van der Waals surface area contributed by atoms with Crippen molar-refractivity contribution in [2.45, 2.75) is 60.5 Å². The molecule has 0 aliphatic carbocycles. The maximum Gasteiger partial charge on any atom is 0.228 e. The van der Waals surface area contributed by atoms with Gasteiger partial charge in [-0.15, -0.1) is 0 Å². The second-order valence-electron chi connectivity index (χ2n) is 11.7. The molecule has 0 amide bonds. The van der Waals surface area contributed by atoms with Crippen LogP contribution in [-0.4, -0.2) is 67.0 Å². The predicted octanol–water partition coefficient (Wildman–Crippen LogP) is 6.13. The number of halogens is 1. The molecule has 0 radical (unpaired) electrons. The minimum absolute atomic E-state index is 0.164.